The molecule has 1 saturated heterocycles. The fraction of sp³-hybridized carbons (Fsp3) is 0.440. The van der Waals surface area contributed by atoms with Crippen molar-refractivity contribution in [3.05, 3.63) is 59.9 Å². The Bertz CT molecular complexity index is 1120. The molecule has 1 aromatic carbocycles. The Morgan fingerprint density at radius 1 is 1.24 bits per heavy atom. The van der Waals surface area contributed by atoms with Crippen LogP contribution in [0.3, 0.4) is 0 Å². The smallest absolute Gasteiger partial charge is 0.255 e. The first kappa shape index (κ1) is 22.3. The van der Waals surface area contributed by atoms with E-state index in [0.717, 1.165) is 30.6 Å². The zero-order valence-electron chi connectivity index (χ0n) is 19.1. The van der Waals surface area contributed by atoms with E-state index in [4.69, 9.17) is 9.47 Å². The predicted octanol–water partition coefficient (Wildman–Crippen LogP) is 4.16. The van der Waals surface area contributed by atoms with Gasteiger partial charge in [-0.25, -0.2) is 4.98 Å². The van der Waals surface area contributed by atoms with Crippen molar-refractivity contribution in [1.82, 2.24) is 20.2 Å². The van der Waals surface area contributed by atoms with Gasteiger partial charge in [-0.1, -0.05) is 19.1 Å². The number of rotatable bonds is 10. The number of ether oxygens (including phenoxy) is 2. The number of aromatic amines is 1. The van der Waals surface area contributed by atoms with E-state index in [1.807, 2.05) is 36.1 Å². The third-order valence-electron chi connectivity index (χ3n) is 6.40. The number of ketones is 1. The standard InChI is InChI=1S/C25H28FN5O3/c1-16(10-22(32)19-11-29-30-12-19)18-4-6-20(7-5-18)34-21-8-9-31(13-21)24-23(26)25(28-15-27-24)33-14-17-2-3-17/h4-7,11-12,15-17,21H,2-3,8-10,13-14H2,1H3,(H,29,30)/t16-,21?/m1/s1. The maximum Gasteiger partial charge on any atom is 0.255 e. The normalized spacial score (nSPS) is 18.6. The Morgan fingerprint density at radius 2 is 2.06 bits per heavy atom. The monoisotopic (exact) mass is 465 g/mol. The lowest BCUT2D eigenvalue weighted by Gasteiger charge is -2.19. The lowest BCUT2D eigenvalue weighted by molar-refractivity contribution is 0.0975. The van der Waals surface area contributed by atoms with Gasteiger partial charge < -0.3 is 14.4 Å². The minimum absolute atomic E-state index is 0.0252. The quantitative estimate of drug-likeness (QED) is 0.449. The zero-order chi connectivity index (χ0) is 23.5. The van der Waals surface area contributed by atoms with Gasteiger partial charge in [-0.2, -0.15) is 14.5 Å². The number of anilines is 1. The summed E-state index contributed by atoms with van der Waals surface area (Å²) in [5.74, 6) is 1.19. The van der Waals surface area contributed by atoms with Crippen molar-refractivity contribution in [3.8, 4) is 11.6 Å². The molecule has 3 aromatic rings. The Morgan fingerprint density at radius 3 is 2.79 bits per heavy atom. The molecule has 2 atom stereocenters. The van der Waals surface area contributed by atoms with Crippen LogP contribution in [0.4, 0.5) is 10.2 Å². The summed E-state index contributed by atoms with van der Waals surface area (Å²) in [5, 5.41) is 6.51. The van der Waals surface area contributed by atoms with Crippen LogP contribution in [-0.4, -0.2) is 51.7 Å². The van der Waals surface area contributed by atoms with Gasteiger partial charge in [0.1, 0.15) is 18.2 Å². The highest BCUT2D eigenvalue weighted by Gasteiger charge is 2.29. The van der Waals surface area contributed by atoms with E-state index in [0.29, 0.717) is 37.6 Å². The summed E-state index contributed by atoms with van der Waals surface area (Å²) in [6.07, 6.45) is 7.89. The first-order valence-corrected chi connectivity index (χ1v) is 11.7. The van der Waals surface area contributed by atoms with Gasteiger partial charge in [-0.05, 0) is 42.4 Å². The van der Waals surface area contributed by atoms with Crippen molar-refractivity contribution < 1.29 is 18.7 Å². The highest BCUT2D eigenvalue weighted by molar-refractivity contribution is 5.96. The third kappa shape index (κ3) is 5.18. The molecule has 0 spiro atoms. The van der Waals surface area contributed by atoms with Gasteiger partial charge in [-0.3, -0.25) is 9.89 Å². The van der Waals surface area contributed by atoms with Gasteiger partial charge in [-0.15, -0.1) is 0 Å². The number of hydrogen-bond donors (Lipinski definition) is 1. The molecule has 178 valence electrons. The van der Waals surface area contributed by atoms with E-state index in [-0.39, 0.29) is 29.5 Å². The second-order valence-corrected chi connectivity index (χ2v) is 9.13. The average molecular weight is 466 g/mol. The summed E-state index contributed by atoms with van der Waals surface area (Å²) in [7, 11) is 0. The van der Waals surface area contributed by atoms with Gasteiger partial charge in [0.25, 0.3) is 5.88 Å². The molecule has 3 heterocycles. The van der Waals surface area contributed by atoms with Crippen LogP contribution in [0.5, 0.6) is 11.6 Å². The fourth-order valence-electron chi connectivity index (χ4n) is 4.15. The van der Waals surface area contributed by atoms with Gasteiger partial charge in [0, 0.05) is 25.6 Å². The molecule has 2 fully saturated rings. The second-order valence-electron chi connectivity index (χ2n) is 9.13. The molecule has 2 aromatic heterocycles. The highest BCUT2D eigenvalue weighted by atomic mass is 19.1. The van der Waals surface area contributed by atoms with Crippen molar-refractivity contribution in [2.75, 3.05) is 24.6 Å². The molecule has 0 bridgehead atoms. The van der Waals surface area contributed by atoms with Crippen LogP contribution in [-0.2, 0) is 0 Å². The summed E-state index contributed by atoms with van der Waals surface area (Å²) in [4.78, 5) is 22.3. The van der Waals surface area contributed by atoms with E-state index >= 15 is 0 Å². The molecule has 2 aliphatic rings. The summed E-state index contributed by atoms with van der Waals surface area (Å²) < 4.78 is 26.6. The summed E-state index contributed by atoms with van der Waals surface area (Å²) in [6, 6.07) is 7.82. The maximum absolute atomic E-state index is 14.9. The Balaban J connectivity index is 1.15. The molecule has 8 nitrogen and oxygen atoms in total. The van der Waals surface area contributed by atoms with Gasteiger partial charge in [0.05, 0.1) is 24.9 Å². The lowest BCUT2D eigenvalue weighted by Crippen LogP contribution is -2.26. The lowest BCUT2D eigenvalue weighted by atomic mass is 9.94. The molecule has 1 saturated carbocycles. The van der Waals surface area contributed by atoms with Crippen LogP contribution in [0.25, 0.3) is 0 Å². The molecule has 1 aliphatic carbocycles. The van der Waals surface area contributed by atoms with E-state index in [1.165, 1.54) is 6.33 Å². The first-order valence-electron chi connectivity index (χ1n) is 11.7. The topological polar surface area (TPSA) is 93.2 Å². The number of hydrogen-bond acceptors (Lipinski definition) is 7. The van der Waals surface area contributed by atoms with Crippen molar-refractivity contribution in [2.45, 2.75) is 44.6 Å². The number of H-pyrrole nitrogens is 1. The number of nitrogens with one attached hydrogen (secondary N) is 1. The SMILES string of the molecule is C[C@H](CC(=O)c1cn[nH]c1)c1ccc(OC2CCN(c3ncnc(OCC4CC4)c3F)C2)cc1. The number of carbonyl (C=O) groups excluding carboxylic acids is 1. The Labute approximate surface area is 197 Å². The molecular weight excluding hydrogens is 437 g/mol. The largest absolute Gasteiger partial charge is 0.489 e. The number of halogens is 1. The molecular formula is C25H28FN5O3. The number of aromatic nitrogens is 4. The molecule has 0 amide bonds. The van der Waals surface area contributed by atoms with Crippen molar-refractivity contribution >= 4 is 11.6 Å². The van der Waals surface area contributed by atoms with Crippen LogP contribution in [0.2, 0.25) is 0 Å². The van der Waals surface area contributed by atoms with Crippen LogP contribution >= 0.6 is 0 Å². The van der Waals surface area contributed by atoms with Crippen LogP contribution < -0.4 is 14.4 Å². The third-order valence-corrected chi connectivity index (χ3v) is 6.40. The maximum atomic E-state index is 14.9. The molecule has 9 heteroatoms. The van der Waals surface area contributed by atoms with E-state index in [2.05, 4.69) is 20.2 Å². The van der Waals surface area contributed by atoms with E-state index in [1.54, 1.807) is 12.4 Å². The van der Waals surface area contributed by atoms with Crippen LogP contribution in [0.15, 0.2) is 43.0 Å². The van der Waals surface area contributed by atoms with Gasteiger partial charge in [0.15, 0.2) is 11.6 Å². The second kappa shape index (κ2) is 9.79. The molecule has 1 aliphatic heterocycles. The van der Waals surface area contributed by atoms with E-state index in [9.17, 15) is 9.18 Å². The first-order chi connectivity index (χ1) is 16.6. The van der Waals surface area contributed by atoms with Crippen LogP contribution in [0, 0.1) is 11.7 Å². The van der Waals surface area contributed by atoms with Gasteiger partial charge >= 0.3 is 0 Å². The van der Waals surface area contributed by atoms with Crippen molar-refractivity contribution in [1.29, 1.82) is 0 Å². The fourth-order valence-corrected chi connectivity index (χ4v) is 4.15. The van der Waals surface area contributed by atoms with E-state index < -0.39 is 5.82 Å². The average Bonchev–Trinajstić information content (AvgIpc) is 3.29. The van der Waals surface area contributed by atoms with Crippen molar-refractivity contribution in [2.24, 2.45) is 5.92 Å². The van der Waals surface area contributed by atoms with Crippen LogP contribution in [0.1, 0.15) is 54.4 Å². The highest BCUT2D eigenvalue weighted by Crippen LogP contribution is 2.32. The Kier molecular flexibility index (Phi) is 6.42. The molecule has 0 radical (unpaired) electrons. The summed E-state index contributed by atoms with van der Waals surface area (Å²) in [5.41, 5.74) is 1.67. The zero-order valence-corrected chi connectivity index (χ0v) is 19.1. The molecule has 5 rings (SSSR count). The predicted molar refractivity (Wildman–Crippen MR) is 124 cm³/mol. The molecule has 1 unspecified atom stereocenters. The number of carbonyl (C=O) groups is 1. The van der Waals surface area contributed by atoms with Gasteiger partial charge in [0.2, 0.25) is 5.82 Å². The minimum Gasteiger partial charge on any atom is -0.489 e. The number of benzene rings is 1. The summed E-state index contributed by atoms with van der Waals surface area (Å²) in [6.45, 7) is 3.71. The Hall–Kier alpha value is -3.49. The molecule has 34 heavy (non-hydrogen) atoms. The molecule has 1 N–H and O–H groups in total. The van der Waals surface area contributed by atoms with Crippen molar-refractivity contribution in [3.63, 3.8) is 0 Å². The number of nitrogens with zero attached hydrogens (tertiary/aromatic N) is 4. The summed E-state index contributed by atoms with van der Waals surface area (Å²) >= 11 is 0. The minimum atomic E-state index is -0.507. The number of Topliss-reactive ketones (excluding diaryl/α,β-unsaturated/α-hetero) is 1.